The molecule has 3 aromatic carbocycles. The predicted molar refractivity (Wildman–Crippen MR) is 94.9 cm³/mol. The molecule has 1 aliphatic carbocycles. The van der Waals surface area contributed by atoms with Crippen molar-refractivity contribution in [1.82, 2.24) is 0 Å². The second-order valence-corrected chi connectivity index (χ2v) is 5.88. The number of carbonyl (C=O) groups excluding carboxylic acids is 1. The molecule has 0 bridgehead atoms. The molecule has 0 heterocycles. The molecule has 3 aromatic rings. The van der Waals surface area contributed by atoms with Gasteiger partial charge in [-0.25, -0.2) is 0 Å². The number of nitrogens with one attached hydrogen (secondary N) is 2. The molecule has 0 fully saturated rings. The van der Waals surface area contributed by atoms with Gasteiger partial charge in [0.2, 0.25) is 5.91 Å². The average Bonchev–Trinajstić information content (AvgIpc) is 3.00. The molecule has 0 unspecified atom stereocenters. The maximum atomic E-state index is 12.1. The summed E-state index contributed by atoms with van der Waals surface area (Å²) in [6, 6.07) is 20.2. The van der Waals surface area contributed by atoms with Crippen molar-refractivity contribution in [1.29, 1.82) is 0 Å². The quantitative estimate of drug-likeness (QED) is 0.765. The Labute approximate surface area is 135 Å². The van der Waals surface area contributed by atoms with Crippen LogP contribution in [0, 0.1) is 0 Å². The molecule has 0 aliphatic heterocycles. The maximum absolute atomic E-state index is 12.1. The number of hydrogen-bond acceptors (Lipinski definition) is 2. The number of amides is 1. The number of aryl methyl sites for hydroxylation is 2. The SMILES string of the molecule is O=C(CNc1ccc2c3c(cccc13)CC2)Nc1ccccc1. The lowest BCUT2D eigenvalue weighted by atomic mass is 10.0. The molecule has 0 saturated carbocycles. The minimum atomic E-state index is -0.0422. The van der Waals surface area contributed by atoms with Crippen molar-refractivity contribution >= 4 is 28.1 Å². The fourth-order valence-corrected chi connectivity index (χ4v) is 3.30. The van der Waals surface area contributed by atoms with Crippen molar-refractivity contribution in [3.63, 3.8) is 0 Å². The van der Waals surface area contributed by atoms with E-state index in [-0.39, 0.29) is 12.5 Å². The van der Waals surface area contributed by atoms with Gasteiger partial charge in [-0.15, -0.1) is 0 Å². The van der Waals surface area contributed by atoms with Gasteiger partial charge in [-0.3, -0.25) is 4.79 Å². The van der Waals surface area contributed by atoms with Gasteiger partial charge >= 0.3 is 0 Å². The Hall–Kier alpha value is -2.81. The Kier molecular flexibility index (Phi) is 3.46. The molecular weight excluding hydrogens is 284 g/mol. The Morgan fingerprint density at radius 2 is 1.65 bits per heavy atom. The summed E-state index contributed by atoms with van der Waals surface area (Å²) >= 11 is 0. The third kappa shape index (κ3) is 2.66. The van der Waals surface area contributed by atoms with E-state index in [1.54, 1.807) is 0 Å². The fraction of sp³-hybridized carbons (Fsp3) is 0.150. The average molecular weight is 302 g/mol. The summed E-state index contributed by atoms with van der Waals surface area (Å²) < 4.78 is 0. The summed E-state index contributed by atoms with van der Waals surface area (Å²) in [5.74, 6) is -0.0422. The second kappa shape index (κ2) is 5.76. The van der Waals surface area contributed by atoms with Crippen LogP contribution in [0.1, 0.15) is 11.1 Å². The van der Waals surface area contributed by atoms with E-state index in [0.29, 0.717) is 0 Å². The Morgan fingerprint density at radius 1 is 0.870 bits per heavy atom. The predicted octanol–water partition coefficient (Wildman–Crippen LogP) is 3.99. The number of rotatable bonds is 4. The van der Waals surface area contributed by atoms with Crippen LogP contribution in [0.15, 0.2) is 60.7 Å². The van der Waals surface area contributed by atoms with E-state index in [1.807, 2.05) is 30.3 Å². The van der Waals surface area contributed by atoms with Gasteiger partial charge in [0.05, 0.1) is 6.54 Å². The van der Waals surface area contributed by atoms with E-state index in [0.717, 1.165) is 24.2 Å². The number of carbonyl (C=O) groups is 1. The van der Waals surface area contributed by atoms with Crippen LogP contribution >= 0.6 is 0 Å². The molecule has 23 heavy (non-hydrogen) atoms. The van der Waals surface area contributed by atoms with Crippen molar-refractivity contribution in [2.24, 2.45) is 0 Å². The molecule has 0 saturated heterocycles. The van der Waals surface area contributed by atoms with Crippen LogP contribution in [0.3, 0.4) is 0 Å². The molecule has 114 valence electrons. The van der Waals surface area contributed by atoms with E-state index in [1.165, 1.54) is 21.9 Å². The van der Waals surface area contributed by atoms with Crippen molar-refractivity contribution in [3.05, 3.63) is 71.8 Å². The zero-order valence-corrected chi connectivity index (χ0v) is 12.8. The molecule has 0 aromatic heterocycles. The summed E-state index contributed by atoms with van der Waals surface area (Å²) in [5.41, 5.74) is 4.67. The molecule has 3 nitrogen and oxygen atoms in total. The smallest absolute Gasteiger partial charge is 0.243 e. The van der Waals surface area contributed by atoms with Crippen LogP contribution in [0.2, 0.25) is 0 Å². The van der Waals surface area contributed by atoms with Crippen LogP contribution in [-0.4, -0.2) is 12.5 Å². The lowest BCUT2D eigenvalue weighted by molar-refractivity contribution is -0.114. The third-order valence-corrected chi connectivity index (χ3v) is 4.37. The Morgan fingerprint density at radius 3 is 2.48 bits per heavy atom. The van der Waals surface area contributed by atoms with Crippen LogP contribution in [0.4, 0.5) is 11.4 Å². The first-order valence-electron chi connectivity index (χ1n) is 7.93. The summed E-state index contributed by atoms with van der Waals surface area (Å²) in [6.45, 7) is 0.258. The van der Waals surface area contributed by atoms with Gasteiger partial charge in [0.1, 0.15) is 0 Å². The van der Waals surface area contributed by atoms with Crippen LogP contribution in [-0.2, 0) is 17.6 Å². The molecular formula is C20H18N2O. The van der Waals surface area contributed by atoms with Crippen LogP contribution in [0.25, 0.3) is 10.8 Å². The number of hydrogen-bond donors (Lipinski definition) is 2. The minimum absolute atomic E-state index is 0.0422. The summed E-state index contributed by atoms with van der Waals surface area (Å²) in [5, 5.41) is 8.75. The zero-order chi connectivity index (χ0) is 15.6. The molecule has 1 amide bonds. The lowest BCUT2D eigenvalue weighted by Gasteiger charge is -2.11. The lowest BCUT2D eigenvalue weighted by Crippen LogP contribution is -2.21. The Bertz CT molecular complexity index is 861. The van der Waals surface area contributed by atoms with Gasteiger partial charge in [-0.05, 0) is 47.6 Å². The number of benzene rings is 3. The third-order valence-electron chi connectivity index (χ3n) is 4.37. The molecule has 0 atom stereocenters. The van der Waals surface area contributed by atoms with E-state index >= 15 is 0 Å². The highest BCUT2D eigenvalue weighted by Gasteiger charge is 2.15. The van der Waals surface area contributed by atoms with Gasteiger partial charge in [0, 0.05) is 16.8 Å². The van der Waals surface area contributed by atoms with Crippen molar-refractivity contribution < 1.29 is 4.79 Å². The first kappa shape index (κ1) is 13.8. The minimum Gasteiger partial charge on any atom is -0.376 e. The summed E-state index contributed by atoms with van der Waals surface area (Å²) in [6.07, 6.45) is 2.23. The standard InChI is InChI=1S/C20H18N2O/c23-19(22-16-6-2-1-3-7-16)13-21-18-12-11-15-10-9-14-5-4-8-17(18)20(14)15/h1-8,11-12,21H,9-10,13H2,(H,22,23). The van der Waals surface area contributed by atoms with Crippen LogP contribution < -0.4 is 10.6 Å². The normalized spacial score (nSPS) is 12.3. The van der Waals surface area contributed by atoms with Crippen molar-refractivity contribution in [2.75, 3.05) is 17.2 Å². The van der Waals surface area contributed by atoms with E-state index in [4.69, 9.17) is 0 Å². The van der Waals surface area contributed by atoms with Gasteiger partial charge in [0.15, 0.2) is 0 Å². The van der Waals surface area contributed by atoms with Crippen LogP contribution in [0.5, 0.6) is 0 Å². The maximum Gasteiger partial charge on any atom is 0.243 e. The van der Waals surface area contributed by atoms with Crippen molar-refractivity contribution in [3.8, 4) is 0 Å². The largest absolute Gasteiger partial charge is 0.376 e. The Balaban J connectivity index is 1.52. The molecule has 0 spiro atoms. The monoisotopic (exact) mass is 302 g/mol. The summed E-state index contributed by atoms with van der Waals surface area (Å²) in [4.78, 5) is 12.1. The highest BCUT2D eigenvalue weighted by atomic mass is 16.1. The number of para-hydroxylation sites is 1. The van der Waals surface area contributed by atoms with Gasteiger partial charge in [-0.2, -0.15) is 0 Å². The second-order valence-electron chi connectivity index (χ2n) is 5.88. The first-order valence-corrected chi connectivity index (χ1v) is 7.93. The van der Waals surface area contributed by atoms with E-state index < -0.39 is 0 Å². The van der Waals surface area contributed by atoms with E-state index in [2.05, 4.69) is 41.0 Å². The molecule has 4 rings (SSSR count). The highest BCUT2D eigenvalue weighted by molar-refractivity contribution is 6.01. The molecule has 3 heteroatoms. The molecule has 1 aliphatic rings. The van der Waals surface area contributed by atoms with Gasteiger partial charge in [-0.1, -0.05) is 42.5 Å². The topological polar surface area (TPSA) is 41.1 Å². The van der Waals surface area contributed by atoms with Gasteiger partial charge < -0.3 is 10.6 Å². The number of anilines is 2. The van der Waals surface area contributed by atoms with Gasteiger partial charge in [0.25, 0.3) is 0 Å². The first-order chi connectivity index (χ1) is 11.3. The fourth-order valence-electron chi connectivity index (χ4n) is 3.30. The summed E-state index contributed by atoms with van der Waals surface area (Å²) in [7, 11) is 0. The van der Waals surface area contributed by atoms with Crippen molar-refractivity contribution in [2.45, 2.75) is 12.8 Å². The highest BCUT2D eigenvalue weighted by Crippen LogP contribution is 2.34. The molecule has 0 radical (unpaired) electrons. The molecule has 2 N–H and O–H groups in total. The van der Waals surface area contributed by atoms with E-state index in [9.17, 15) is 4.79 Å². The zero-order valence-electron chi connectivity index (χ0n) is 12.8.